The predicted molar refractivity (Wildman–Crippen MR) is 280 cm³/mol. The zero-order valence-corrected chi connectivity index (χ0v) is 46.5. The van der Waals surface area contributed by atoms with Gasteiger partial charge in [0.15, 0.2) is 6.10 Å². The molecule has 3 heterocycles. The van der Waals surface area contributed by atoms with E-state index in [-0.39, 0.29) is 94.2 Å². The number of esters is 1. The summed E-state index contributed by atoms with van der Waals surface area (Å²) in [5, 5.41) is 118. The van der Waals surface area contributed by atoms with E-state index >= 15 is 0 Å². The third-order valence-electron chi connectivity index (χ3n) is 13.3. The average Bonchev–Trinajstić information content (AvgIpc) is 3.50. The molecule has 27 nitrogen and oxygen atoms in total. The smallest absolute Gasteiger partial charge is 0.449 e. The summed E-state index contributed by atoms with van der Waals surface area (Å²) in [6.07, 6.45) is -21.5. The van der Waals surface area contributed by atoms with Crippen molar-refractivity contribution in [3.05, 3.63) is 0 Å². The van der Waals surface area contributed by atoms with E-state index in [0.29, 0.717) is 50.4 Å². The summed E-state index contributed by atoms with van der Waals surface area (Å²) in [5.41, 5.74) is 7.95. The van der Waals surface area contributed by atoms with Crippen molar-refractivity contribution in [2.24, 2.45) is 11.5 Å². The molecule has 5 amide bonds. The molecule has 0 unspecified atom stereocenters. The van der Waals surface area contributed by atoms with Gasteiger partial charge in [0.25, 0.3) is 0 Å². The summed E-state index contributed by atoms with van der Waals surface area (Å²) in [5.74, 6) is -5.72. The Bertz CT molecular complexity index is 1900. The highest BCUT2D eigenvalue weighted by Crippen LogP contribution is 2.34. The highest BCUT2D eigenvalue weighted by Gasteiger charge is 2.51. The quantitative estimate of drug-likeness (QED) is 0.0207. The van der Waals surface area contributed by atoms with Crippen LogP contribution in [-0.2, 0) is 47.7 Å². The number of nitrogens with one attached hydrogen (secondary N) is 3. The largest absolute Gasteiger partial charge is 0.490 e. The molecule has 80 heavy (non-hydrogen) atoms. The van der Waals surface area contributed by atoms with Crippen LogP contribution in [0.3, 0.4) is 0 Å². The van der Waals surface area contributed by atoms with Crippen molar-refractivity contribution >= 4 is 70.8 Å². The Balaban J connectivity index is 1.66. The van der Waals surface area contributed by atoms with Crippen molar-refractivity contribution in [3.8, 4) is 0 Å². The molecule has 0 bridgehead atoms. The van der Waals surface area contributed by atoms with Crippen LogP contribution in [0.5, 0.6) is 0 Å². The number of rotatable bonds is 36. The molecule has 3 aliphatic heterocycles. The fourth-order valence-corrected chi connectivity index (χ4v) is 12.1. The van der Waals surface area contributed by atoms with Crippen molar-refractivity contribution in [2.45, 2.75) is 191 Å². The maximum Gasteiger partial charge on any atom is 0.490 e. The number of ether oxygens (including phenoxy) is 4. The minimum atomic E-state index is -5.43. The molecular weight excluding hydrogens is 1140 g/mol. The van der Waals surface area contributed by atoms with Crippen LogP contribution in [0.25, 0.3) is 0 Å². The predicted octanol–water partition coefficient (Wildman–Crippen LogP) is -4.87. The lowest BCUT2D eigenvalue weighted by Crippen LogP contribution is -2.59. The second kappa shape index (κ2) is 36.7. The standard InChI is InChI=1S/C47H81F3N6O21S3/c48-47(49,50)46(73)77-40-37(68)34(65)28(23-59)76-45(40)80-19-12-30(61)54-16-7-4-10-25(41(52)71)56(17-8-2-1-5-14-51)42(72)24(55-31(62)13-20-79-44-39(70)36(67)33(64)27(22-58)75-44)9-3-6-15-53-29(60)11-18-78-43-38(69)35(66)32(63)26(21-57)74-43/h24-28,32-40,43-45,57-59,63-70H,1-23,51H2,(H2,52,71)(H,53,60)(H,54,61)(H,55,62)/t24-,25-,26+,27+,28+,32+,33+,34+,35-,36-,37-,38-,39-,40-,43+,44+,45+/m0/s1. The Morgan fingerprint density at radius 2 is 1.00 bits per heavy atom. The highest BCUT2D eigenvalue weighted by molar-refractivity contribution is 8.00. The monoisotopic (exact) mass is 1220 g/mol. The molecule has 0 aromatic heterocycles. The molecule has 0 radical (unpaired) electrons. The number of carbonyl (C=O) groups is 6. The summed E-state index contributed by atoms with van der Waals surface area (Å²) in [6.45, 7) is -1.46. The van der Waals surface area contributed by atoms with Gasteiger partial charge in [-0.05, 0) is 57.9 Å². The van der Waals surface area contributed by atoms with Crippen LogP contribution < -0.4 is 27.4 Å². The molecule has 33 heteroatoms. The third kappa shape index (κ3) is 22.9. The lowest BCUT2D eigenvalue weighted by Gasteiger charge is -2.41. The van der Waals surface area contributed by atoms with Gasteiger partial charge in [0.1, 0.15) is 95.5 Å². The molecule has 3 saturated heterocycles. The van der Waals surface area contributed by atoms with E-state index in [9.17, 15) is 98.1 Å². The SMILES string of the molecule is NCCCCCCN(C(=O)[C@H](CCCCNC(=O)CCS[C@H]1O[C@H](CO)[C@@H](O)[C@H](O)[C@@H]1O)NC(=O)CCS[C@H]1O[C@H](CO)[C@@H](O)[C@H](O)[C@@H]1O)[C@@H](CCCCNC(=O)CCS[C@H]1O[C@H](CO)[C@@H](O)[C@H](O)[C@@H]1OC(=O)C(F)(F)F)C(N)=O. The summed E-state index contributed by atoms with van der Waals surface area (Å²) in [7, 11) is 0. The Hall–Kier alpha value is -2.94. The number of unbranched alkanes of at least 4 members (excludes halogenated alkanes) is 5. The van der Waals surface area contributed by atoms with Crippen LogP contribution in [0.4, 0.5) is 13.2 Å². The van der Waals surface area contributed by atoms with Gasteiger partial charge in [-0.15, -0.1) is 35.3 Å². The van der Waals surface area contributed by atoms with Gasteiger partial charge >= 0.3 is 12.1 Å². The second-order valence-electron chi connectivity index (χ2n) is 19.3. The lowest BCUT2D eigenvalue weighted by molar-refractivity contribution is -0.241. The van der Waals surface area contributed by atoms with Gasteiger partial charge in [0.05, 0.1) is 19.8 Å². The molecule has 3 aliphatic rings. The van der Waals surface area contributed by atoms with Crippen LogP contribution in [0.1, 0.15) is 83.5 Å². The third-order valence-corrected chi connectivity index (χ3v) is 16.7. The number of alkyl halides is 3. The van der Waals surface area contributed by atoms with Crippen molar-refractivity contribution < 1.29 is 117 Å². The van der Waals surface area contributed by atoms with Crippen molar-refractivity contribution in [1.29, 1.82) is 0 Å². The minimum Gasteiger partial charge on any atom is -0.449 e. The summed E-state index contributed by atoms with van der Waals surface area (Å²) >= 11 is 2.62. The van der Waals surface area contributed by atoms with Gasteiger partial charge in [-0.3, -0.25) is 24.0 Å². The van der Waals surface area contributed by atoms with Gasteiger partial charge in [0.2, 0.25) is 29.5 Å². The topological polar surface area (TPSA) is 453 Å². The first-order valence-electron chi connectivity index (χ1n) is 26.4. The molecule has 0 aromatic carbocycles. The average molecular weight is 1220 g/mol. The molecule has 18 N–H and O–H groups in total. The Kier molecular flexibility index (Phi) is 32.7. The van der Waals surface area contributed by atoms with E-state index in [1.165, 1.54) is 4.90 Å². The van der Waals surface area contributed by atoms with Gasteiger partial charge in [-0.1, -0.05) is 12.8 Å². The number of nitrogens with zero attached hydrogens (tertiary/aromatic N) is 1. The van der Waals surface area contributed by atoms with E-state index < -0.39 is 157 Å². The molecule has 0 aliphatic carbocycles. The number of aliphatic hydroxyl groups is 11. The van der Waals surface area contributed by atoms with Crippen LogP contribution in [0, 0.1) is 0 Å². The van der Waals surface area contributed by atoms with E-state index in [1.54, 1.807) is 0 Å². The fraction of sp³-hybridized carbons (Fsp3) is 0.872. The normalized spacial score (nSPS) is 29.7. The molecule has 0 saturated carbocycles. The minimum absolute atomic E-state index is 0.0155. The van der Waals surface area contributed by atoms with E-state index in [2.05, 4.69) is 20.7 Å². The maximum atomic E-state index is 14.7. The fourth-order valence-electron chi connectivity index (χ4n) is 8.66. The van der Waals surface area contributed by atoms with Crippen molar-refractivity contribution in [3.63, 3.8) is 0 Å². The Morgan fingerprint density at radius 3 is 1.46 bits per heavy atom. The van der Waals surface area contributed by atoms with Gasteiger partial charge in [-0.2, -0.15) is 13.2 Å². The van der Waals surface area contributed by atoms with Gasteiger partial charge in [-0.25, -0.2) is 4.79 Å². The van der Waals surface area contributed by atoms with Crippen LogP contribution in [0.15, 0.2) is 0 Å². The maximum absolute atomic E-state index is 14.7. The molecular formula is C47H81F3N6O21S3. The van der Waals surface area contributed by atoms with E-state index in [0.717, 1.165) is 23.5 Å². The van der Waals surface area contributed by atoms with Crippen molar-refractivity contribution in [1.82, 2.24) is 20.9 Å². The van der Waals surface area contributed by atoms with E-state index in [1.807, 2.05) is 0 Å². The zero-order chi connectivity index (χ0) is 59.7. The zero-order valence-electron chi connectivity index (χ0n) is 44.0. The summed E-state index contributed by atoms with van der Waals surface area (Å²) in [6, 6.07) is -2.43. The number of hydrogen-bond acceptors (Lipinski definition) is 25. The molecule has 0 spiro atoms. The molecule has 17 atom stereocenters. The lowest BCUT2D eigenvalue weighted by atomic mass is 10.0. The summed E-state index contributed by atoms with van der Waals surface area (Å²) in [4.78, 5) is 79.8. The molecule has 0 aromatic rings. The number of carbonyl (C=O) groups excluding carboxylic acids is 6. The number of primary amides is 1. The Morgan fingerprint density at radius 1 is 0.562 bits per heavy atom. The second-order valence-corrected chi connectivity index (χ2v) is 22.9. The number of nitrogens with two attached hydrogens (primary N) is 2. The van der Waals surface area contributed by atoms with Gasteiger partial charge < -0.3 is 107 Å². The molecule has 3 fully saturated rings. The van der Waals surface area contributed by atoms with Crippen LogP contribution in [0.2, 0.25) is 0 Å². The van der Waals surface area contributed by atoms with Crippen molar-refractivity contribution in [2.75, 3.05) is 63.3 Å². The molecule has 3 rings (SSSR count). The number of thioether (sulfide) groups is 3. The first-order valence-corrected chi connectivity index (χ1v) is 29.5. The van der Waals surface area contributed by atoms with Crippen LogP contribution in [-0.4, -0.2) is 268 Å². The number of aliphatic hydroxyl groups excluding tert-OH is 11. The number of amides is 5. The van der Waals surface area contributed by atoms with Crippen LogP contribution >= 0.6 is 35.3 Å². The highest BCUT2D eigenvalue weighted by atomic mass is 32.2. The number of halogens is 3. The first kappa shape index (κ1) is 71.3. The van der Waals surface area contributed by atoms with E-state index in [4.69, 9.17) is 25.7 Å². The molecule has 464 valence electrons. The Labute approximate surface area is 473 Å². The van der Waals surface area contributed by atoms with Gasteiger partial charge in [0, 0.05) is 56.2 Å². The number of hydrogen-bond donors (Lipinski definition) is 16. The first-order chi connectivity index (χ1) is 37.9. The summed E-state index contributed by atoms with van der Waals surface area (Å²) < 4.78 is 59.7.